The van der Waals surface area contributed by atoms with Crippen molar-refractivity contribution in [2.45, 2.75) is 6.92 Å². The Hall–Kier alpha value is -2.13. The predicted molar refractivity (Wildman–Crippen MR) is 65.6 cm³/mol. The first-order chi connectivity index (χ1) is 8.63. The molecule has 2 rings (SSSR count). The number of hydrogen-bond acceptors (Lipinski definition) is 5. The van der Waals surface area contributed by atoms with Crippen LogP contribution in [0.4, 0.5) is 11.4 Å². The summed E-state index contributed by atoms with van der Waals surface area (Å²) >= 11 is 0. The van der Waals surface area contributed by atoms with Crippen LogP contribution in [0.2, 0.25) is 0 Å². The second kappa shape index (κ2) is 5.02. The highest BCUT2D eigenvalue weighted by atomic mass is 16.6. The third kappa shape index (κ3) is 2.26. The quantitative estimate of drug-likeness (QED) is 0.586. The minimum Gasteiger partial charge on any atom is -0.378 e. The molecule has 1 aliphatic heterocycles. The van der Waals surface area contributed by atoms with Crippen molar-refractivity contribution in [1.29, 1.82) is 5.26 Å². The fraction of sp³-hybridized carbons (Fsp3) is 0.417. The summed E-state index contributed by atoms with van der Waals surface area (Å²) in [6.07, 6.45) is 0. The topological polar surface area (TPSA) is 79.4 Å². The number of nitro groups is 1. The Morgan fingerprint density at radius 1 is 1.44 bits per heavy atom. The van der Waals surface area contributed by atoms with E-state index in [-0.39, 0.29) is 5.69 Å². The van der Waals surface area contributed by atoms with Gasteiger partial charge in [-0.1, -0.05) is 0 Å². The van der Waals surface area contributed by atoms with E-state index >= 15 is 0 Å². The molecule has 0 spiro atoms. The molecule has 0 atom stereocenters. The summed E-state index contributed by atoms with van der Waals surface area (Å²) in [5.41, 5.74) is 1.65. The molecule has 0 bridgehead atoms. The van der Waals surface area contributed by atoms with Crippen LogP contribution in [0.3, 0.4) is 0 Å². The number of nitrogens with zero attached hydrogens (tertiary/aromatic N) is 3. The van der Waals surface area contributed by atoms with Gasteiger partial charge in [-0.05, 0) is 13.0 Å². The second-order valence-corrected chi connectivity index (χ2v) is 4.12. The third-order valence-electron chi connectivity index (χ3n) is 2.98. The fourth-order valence-corrected chi connectivity index (χ4v) is 2.03. The molecule has 0 N–H and O–H groups in total. The number of rotatable bonds is 2. The molecule has 18 heavy (non-hydrogen) atoms. The molecule has 0 aromatic heterocycles. The van der Waals surface area contributed by atoms with Crippen LogP contribution >= 0.6 is 0 Å². The van der Waals surface area contributed by atoms with Gasteiger partial charge in [0.2, 0.25) is 0 Å². The molecule has 0 radical (unpaired) electrons. The van der Waals surface area contributed by atoms with Crippen molar-refractivity contribution < 1.29 is 9.66 Å². The largest absolute Gasteiger partial charge is 0.378 e. The molecular formula is C12H13N3O3. The van der Waals surface area contributed by atoms with Crippen LogP contribution in [0, 0.1) is 28.4 Å². The molecule has 1 saturated heterocycles. The monoisotopic (exact) mass is 247 g/mol. The van der Waals surface area contributed by atoms with Gasteiger partial charge >= 0.3 is 0 Å². The summed E-state index contributed by atoms with van der Waals surface area (Å²) in [6, 6.07) is 5.09. The number of anilines is 1. The van der Waals surface area contributed by atoms with Crippen molar-refractivity contribution in [2.24, 2.45) is 0 Å². The average molecular weight is 247 g/mol. The molecule has 1 aliphatic rings. The van der Waals surface area contributed by atoms with E-state index in [1.807, 2.05) is 11.0 Å². The van der Waals surface area contributed by atoms with Crippen LogP contribution in [0.25, 0.3) is 0 Å². The molecule has 1 aromatic rings. The lowest BCUT2D eigenvalue weighted by molar-refractivity contribution is -0.385. The molecule has 0 unspecified atom stereocenters. The zero-order chi connectivity index (χ0) is 13.1. The Morgan fingerprint density at radius 3 is 2.67 bits per heavy atom. The normalized spacial score (nSPS) is 15.2. The Labute approximate surface area is 105 Å². The van der Waals surface area contributed by atoms with Gasteiger partial charge in [0.15, 0.2) is 0 Å². The minimum absolute atomic E-state index is 0.0106. The Bertz CT molecular complexity index is 516. The summed E-state index contributed by atoms with van der Waals surface area (Å²) in [4.78, 5) is 12.4. The van der Waals surface area contributed by atoms with E-state index in [9.17, 15) is 10.1 Å². The maximum Gasteiger partial charge on any atom is 0.273 e. The number of morpholine rings is 1. The summed E-state index contributed by atoms with van der Waals surface area (Å²) < 4.78 is 5.25. The highest BCUT2D eigenvalue weighted by Crippen LogP contribution is 2.29. The Balaban J connectivity index is 2.44. The lowest BCUT2D eigenvalue weighted by atomic mass is 10.1. The van der Waals surface area contributed by atoms with E-state index in [4.69, 9.17) is 10.00 Å². The van der Waals surface area contributed by atoms with E-state index in [1.165, 1.54) is 6.07 Å². The van der Waals surface area contributed by atoms with Crippen LogP contribution in [-0.4, -0.2) is 31.2 Å². The predicted octanol–water partition coefficient (Wildman–Crippen LogP) is 1.61. The summed E-state index contributed by atoms with van der Waals surface area (Å²) in [5, 5.41) is 20.0. The highest BCUT2D eigenvalue weighted by Gasteiger charge is 2.20. The molecule has 6 heteroatoms. The molecule has 0 aliphatic carbocycles. The zero-order valence-electron chi connectivity index (χ0n) is 10.0. The second-order valence-electron chi connectivity index (χ2n) is 4.12. The Kier molecular flexibility index (Phi) is 3.44. The average Bonchev–Trinajstić information content (AvgIpc) is 2.39. The van der Waals surface area contributed by atoms with E-state index in [0.29, 0.717) is 37.4 Å². The lowest BCUT2D eigenvalue weighted by Crippen LogP contribution is -2.36. The molecule has 1 heterocycles. The Morgan fingerprint density at radius 2 is 2.11 bits per heavy atom. The molecule has 1 fully saturated rings. The van der Waals surface area contributed by atoms with Crippen LogP contribution in [0.1, 0.15) is 11.1 Å². The first kappa shape index (κ1) is 12.3. The van der Waals surface area contributed by atoms with Gasteiger partial charge in [0.25, 0.3) is 5.69 Å². The molecular weight excluding hydrogens is 234 g/mol. The molecule has 6 nitrogen and oxygen atoms in total. The number of benzene rings is 1. The van der Waals surface area contributed by atoms with Crippen LogP contribution < -0.4 is 4.90 Å². The van der Waals surface area contributed by atoms with Crippen molar-refractivity contribution in [3.05, 3.63) is 33.4 Å². The van der Waals surface area contributed by atoms with Crippen molar-refractivity contribution in [3.8, 4) is 6.07 Å². The van der Waals surface area contributed by atoms with E-state index in [0.717, 1.165) is 5.69 Å². The van der Waals surface area contributed by atoms with Gasteiger partial charge in [0, 0.05) is 24.7 Å². The van der Waals surface area contributed by atoms with Crippen LogP contribution in [0.5, 0.6) is 0 Å². The van der Waals surface area contributed by atoms with Gasteiger partial charge in [-0.3, -0.25) is 10.1 Å². The van der Waals surface area contributed by atoms with E-state index in [1.54, 1.807) is 13.0 Å². The molecule has 0 saturated carbocycles. The zero-order valence-corrected chi connectivity index (χ0v) is 10.0. The molecule has 1 aromatic carbocycles. The van der Waals surface area contributed by atoms with Gasteiger partial charge < -0.3 is 9.64 Å². The fourth-order valence-electron chi connectivity index (χ4n) is 2.03. The maximum atomic E-state index is 10.8. The van der Waals surface area contributed by atoms with Crippen molar-refractivity contribution >= 4 is 11.4 Å². The highest BCUT2D eigenvalue weighted by molar-refractivity contribution is 5.65. The van der Waals surface area contributed by atoms with Crippen molar-refractivity contribution in [3.63, 3.8) is 0 Å². The van der Waals surface area contributed by atoms with Crippen LogP contribution in [0.15, 0.2) is 12.1 Å². The SMILES string of the molecule is Cc1cc(N2CCOCC2)c(C#N)cc1[N+](=O)[O-]. The first-order valence-electron chi connectivity index (χ1n) is 5.65. The summed E-state index contributed by atoms with van der Waals surface area (Å²) in [6.45, 7) is 4.31. The van der Waals surface area contributed by atoms with Crippen molar-refractivity contribution in [1.82, 2.24) is 0 Å². The van der Waals surface area contributed by atoms with Crippen molar-refractivity contribution in [2.75, 3.05) is 31.2 Å². The van der Waals surface area contributed by atoms with Gasteiger partial charge in [-0.25, -0.2) is 0 Å². The van der Waals surface area contributed by atoms with Gasteiger partial charge in [0.1, 0.15) is 6.07 Å². The minimum atomic E-state index is -0.459. The van der Waals surface area contributed by atoms with Gasteiger partial charge in [-0.2, -0.15) is 5.26 Å². The number of nitro benzene ring substituents is 1. The van der Waals surface area contributed by atoms with E-state index in [2.05, 4.69) is 0 Å². The van der Waals surface area contributed by atoms with E-state index < -0.39 is 4.92 Å². The standard InChI is InChI=1S/C12H13N3O3/c1-9-6-12(14-2-4-18-5-3-14)10(8-13)7-11(9)15(16)17/h6-7H,2-5H2,1H3. The number of ether oxygens (including phenoxy) is 1. The smallest absolute Gasteiger partial charge is 0.273 e. The number of hydrogen-bond donors (Lipinski definition) is 0. The lowest BCUT2D eigenvalue weighted by Gasteiger charge is -2.29. The first-order valence-corrected chi connectivity index (χ1v) is 5.65. The molecule has 0 amide bonds. The third-order valence-corrected chi connectivity index (χ3v) is 2.98. The number of nitriles is 1. The van der Waals surface area contributed by atoms with Gasteiger partial charge in [0.05, 0.1) is 29.4 Å². The maximum absolute atomic E-state index is 10.8. The molecule has 94 valence electrons. The van der Waals surface area contributed by atoms with Crippen LogP contribution in [-0.2, 0) is 4.74 Å². The van der Waals surface area contributed by atoms with Gasteiger partial charge in [-0.15, -0.1) is 0 Å². The number of aryl methyl sites for hydroxylation is 1. The summed E-state index contributed by atoms with van der Waals surface area (Å²) in [5.74, 6) is 0. The summed E-state index contributed by atoms with van der Waals surface area (Å²) in [7, 11) is 0.